The third kappa shape index (κ3) is 1.77. The second-order valence-corrected chi connectivity index (χ2v) is 2.56. The van der Waals surface area contributed by atoms with Gasteiger partial charge in [0.25, 0.3) is 0 Å². The van der Waals surface area contributed by atoms with Crippen molar-refractivity contribution >= 4 is 6.21 Å². The van der Waals surface area contributed by atoms with Crippen LogP contribution in [0.1, 0.15) is 11.1 Å². The number of hydrogen-bond donors (Lipinski definition) is 1. The van der Waals surface area contributed by atoms with Crippen LogP contribution in [0.4, 0.5) is 4.39 Å². The highest BCUT2D eigenvalue weighted by atomic mass is 19.1. The summed E-state index contributed by atoms with van der Waals surface area (Å²) in [5.41, 5.74) is 0.903. The number of nitrogens with zero attached hydrogens (tertiary/aromatic N) is 1. The van der Waals surface area contributed by atoms with Crippen molar-refractivity contribution in [3.63, 3.8) is 0 Å². The van der Waals surface area contributed by atoms with E-state index in [1.165, 1.54) is 13.2 Å². The maximum absolute atomic E-state index is 13.4. The molecule has 0 saturated heterocycles. The largest absolute Gasteiger partial charge is 0.493 e. The summed E-state index contributed by atoms with van der Waals surface area (Å²) in [6, 6.07) is 3.21. The van der Waals surface area contributed by atoms with Gasteiger partial charge in [0.1, 0.15) is 0 Å². The summed E-state index contributed by atoms with van der Waals surface area (Å²) in [6.45, 7) is 1.74. The minimum Gasteiger partial charge on any atom is -0.493 e. The van der Waals surface area contributed by atoms with Crippen molar-refractivity contribution in [3.8, 4) is 5.75 Å². The Bertz CT molecular complexity index is 337. The molecule has 1 aromatic carbocycles. The molecular formula is C9H10FNO2. The molecule has 70 valence electrons. The number of hydrogen-bond acceptors (Lipinski definition) is 3. The van der Waals surface area contributed by atoms with Gasteiger partial charge in [0.2, 0.25) is 0 Å². The summed E-state index contributed by atoms with van der Waals surface area (Å²) in [7, 11) is 1.39. The number of halogens is 1. The fourth-order valence-electron chi connectivity index (χ4n) is 1.08. The molecule has 0 radical (unpaired) electrons. The van der Waals surface area contributed by atoms with E-state index in [-0.39, 0.29) is 11.3 Å². The van der Waals surface area contributed by atoms with Crippen molar-refractivity contribution in [2.75, 3.05) is 7.11 Å². The van der Waals surface area contributed by atoms with Gasteiger partial charge in [-0.3, -0.25) is 0 Å². The van der Waals surface area contributed by atoms with Crippen LogP contribution in [-0.4, -0.2) is 18.5 Å². The molecule has 0 saturated carbocycles. The highest BCUT2D eigenvalue weighted by molar-refractivity contribution is 5.80. The minimum absolute atomic E-state index is 0.178. The lowest BCUT2D eigenvalue weighted by molar-refractivity contribution is 0.321. The van der Waals surface area contributed by atoms with Gasteiger partial charge in [-0.05, 0) is 18.6 Å². The predicted molar refractivity (Wildman–Crippen MR) is 47.1 cm³/mol. The van der Waals surface area contributed by atoms with Gasteiger partial charge in [-0.15, -0.1) is 0 Å². The van der Waals surface area contributed by atoms with Crippen LogP contribution in [-0.2, 0) is 0 Å². The van der Waals surface area contributed by atoms with E-state index < -0.39 is 5.82 Å². The van der Waals surface area contributed by atoms with Crippen molar-refractivity contribution in [2.45, 2.75) is 6.92 Å². The zero-order valence-corrected chi connectivity index (χ0v) is 7.41. The van der Waals surface area contributed by atoms with Crippen LogP contribution in [0.5, 0.6) is 5.75 Å². The fraction of sp³-hybridized carbons (Fsp3) is 0.222. The molecule has 0 atom stereocenters. The van der Waals surface area contributed by atoms with E-state index in [0.29, 0.717) is 5.56 Å². The predicted octanol–water partition coefficient (Wildman–Crippen LogP) is 1.95. The molecule has 0 aliphatic rings. The molecular weight excluding hydrogens is 173 g/mol. The summed E-state index contributed by atoms with van der Waals surface area (Å²) >= 11 is 0. The molecule has 4 heteroatoms. The van der Waals surface area contributed by atoms with Crippen molar-refractivity contribution in [1.29, 1.82) is 0 Å². The first kappa shape index (κ1) is 9.51. The summed E-state index contributed by atoms with van der Waals surface area (Å²) in [4.78, 5) is 0. The molecule has 0 aromatic heterocycles. The Kier molecular flexibility index (Phi) is 2.84. The van der Waals surface area contributed by atoms with E-state index in [1.807, 2.05) is 0 Å². The molecule has 3 nitrogen and oxygen atoms in total. The van der Waals surface area contributed by atoms with Crippen LogP contribution in [0.2, 0.25) is 0 Å². The fourth-order valence-corrected chi connectivity index (χ4v) is 1.08. The lowest BCUT2D eigenvalue weighted by Crippen LogP contribution is -1.96. The van der Waals surface area contributed by atoms with Gasteiger partial charge < -0.3 is 9.94 Å². The van der Waals surface area contributed by atoms with Gasteiger partial charge in [0.15, 0.2) is 11.6 Å². The van der Waals surface area contributed by atoms with Crippen LogP contribution >= 0.6 is 0 Å². The summed E-state index contributed by atoms with van der Waals surface area (Å²) in [6.07, 6.45) is 1.03. The number of aryl methyl sites for hydroxylation is 1. The minimum atomic E-state index is -0.514. The molecule has 1 aromatic rings. The molecule has 0 amide bonds. The van der Waals surface area contributed by atoms with Gasteiger partial charge in [-0.25, -0.2) is 4.39 Å². The summed E-state index contributed by atoms with van der Waals surface area (Å²) < 4.78 is 18.2. The highest BCUT2D eigenvalue weighted by Gasteiger charge is 2.09. The average Bonchev–Trinajstić information content (AvgIpc) is 2.11. The molecule has 1 rings (SSSR count). The molecule has 0 unspecified atom stereocenters. The van der Waals surface area contributed by atoms with E-state index in [9.17, 15) is 4.39 Å². The van der Waals surface area contributed by atoms with Crippen molar-refractivity contribution in [3.05, 3.63) is 29.1 Å². The van der Waals surface area contributed by atoms with Crippen molar-refractivity contribution < 1.29 is 14.3 Å². The van der Waals surface area contributed by atoms with Gasteiger partial charge in [-0.2, -0.15) is 0 Å². The standard InChI is InChI=1S/C9H10FNO2/c1-6-3-4-7(5-11-12)8(10)9(6)13-2/h3-5,12H,1-2H3/b11-5-. The van der Waals surface area contributed by atoms with E-state index >= 15 is 0 Å². The van der Waals surface area contributed by atoms with E-state index in [0.717, 1.165) is 6.21 Å². The van der Waals surface area contributed by atoms with Crippen LogP contribution in [0.25, 0.3) is 0 Å². The molecule has 0 spiro atoms. The quantitative estimate of drug-likeness (QED) is 0.432. The number of benzene rings is 1. The van der Waals surface area contributed by atoms with Crippen molar-refractivity contribution in [2.24, 2.45) is 5.16 Å². The third-order valence-corrected chi connectivity index (χ3v) is 1.72. The third-order valence-electron chi connectivity index (χ3n) is 1.72. The Hall–Kier alpha value is -1.58. The van der Waals surface area contributed by atoms with Crippen LogP contribution in [0.15, 0.2) is 17.3 Å². The lowest BCUT2D eigenvalue weighted by atomic mass is 10.1. The smallest absolute Gasteiger partial charge is 0.174 e. The SMILES string of the molecule is COc1c(C)ccc(/C=N\O)c1F. The molecule has 13 heavy (non-hydrogen) atoms. The zero-order valence-electron chi connectivity index (χ0n) is 7.41. The number of ether oxygens (including phenoxy) is 1. The number of methoxy groups -OCH3 is 1. The van der Waals surface area contributed by atoms with Crippen LogP contribution < -0.4 is 4.74 Å². The van der Waals surface area contributed by atoms with Crippen LogP contribution in [0, 0.1) is 12.7 Å². The normalized spacial score (nSPS) is 10.7. The summed E-state index contributed by atoms with van der Waals surface area (Å²) in [5.74, 6) is -0.335. The Morgan fingerprint density at radius 3 is 2.77 bits per heavy atom. The van der Waals surface area contributed by atoms with Gasteiger partial charge >= 0.3 is 0 Å². The number of rotatable bonds is 2. The highest BCUT2D eigenvalue weighted by Crippen LogP contribution is 2.23. The van der Waals surface area contributed by atoms with E-state index in [4.69, 9.17) is 9.94 Å². The van der Waals surface area contributed by atoms with E-state index in [2.05, 4.69) is 5.16 Å². The molecule has 0 heterocycles. The first-order valence-corrected chi connectivity index (χ1v) is 3.71. The van der Waals surface area contributed by atoms with Gasteiger partial charge in [-0.1, -0.05) is 11.2 Å². The monoisotopic (exact) mass is 183 g/mol. The number of oxime groups is 1. The molecule has 0 fully saturated rings. The lowest BCUT2D eigenvalue weighted by Gasteiger charge is -2.06. The Balaban J connectivity index is 3.27. The zero-order chi connectivity index (χ0) is 9.84. The Morgan fingerprint density at radius 1 is 1.54 bits per heavy atom. The van der Waals surface area contributed by atoms with Gasteiger partial charge in [0, 0.05) is 5.56 Å². The average molecular weight is 183 g/mol. The molecule has 0 bridgehead atoms. The first-order valence-electron chi connectivity index (χ1n) is 3.71. The molecule has 1 N–H and O–H groups in total. The molecule has 0 aliphatic carbocycles. The second kappa shape index (κ2) is 3.89. The Labute approximate surface area is 75.4 Å². The Morgan fingerprint density at radius 2 is 2.23 bits per heavy atom. The van der Waals surface area contributed by atoms with Gasteiger partial charge in [0.05, 0.1) is 13.3 Å². The molecule has 0 aliphatic heterocycles. The first-order chi connectivity index (χ1) is 6.20. The van der Waals surface area contributed by atoms with E-state index in [1.54, 1.807) is 13.0 Å². The second-order valence-electron chi connectivity index (χ2n) is 2.56. The topological polar surface area (TPSA) is 41.8 Å². The van der Waals surface area contributed by atoms with Crippen molar-refractivity contribution in [1.82, 2.24) is 0 Å². The maximum Gasteiger partial charge on any atom is 0.174 e. The van der Waals surface area contributed by atoms with Crippen LogP contribution in [0.3, 0.4) is 0 Å². The summed E-state index contributed by atoms with van der Waals surface area (Å²) in [5, 5.41) is 11.0. The maximum atomic E-state index is 13.4.